The van der Waals surface area contributed by atoms with E-state index in [1.807, 2.05) is 14.0 Å². The molecule has 25 heavy (non-hydrogen) atoms. The minimum Gasteiger partial charge on any atom is -0.378 e. The maximum atomic E-state index is 14.0. The van der Waals surface area contributed by atoms with Gasteiger partial charge in [-0.1, -0.05) is 6.42 Å². The van der Waals surface area contributed by atoms with E-state index in [4.69, 9.17) is 4.74 Å². The highest BCUT2D eigenvalue weighted by Gasteiger charge is 2.61. The van der Waals surface area contributed by atoms with Crippen LogP contribution in [0.2, 0.25) is 0 Å². The summed E-state index contributed by atoms with van der Waals surface area (Å²) in [6, 6.07) is 2.71. The van der Waals surface area contributed by atoms with Crippen LogP contribution in [-0.2, 0) is 4.74 Å². The monoisotopic (exact) mass is 343 g/mol. The SMILES string of the molecule is CCO[C@@H]1C[C@H](N(C)C(=O)c2cc(F)cc3nccnc23)C12CCC2. The molecule has 1 spiro atoms. The normalized spacial score (nSPS) is 24.0. The molecule has 2 aliphatic rings. The summed E-state index contributed by atoms with van der Waals surface area (Å²) in [7, 11) is 1.81. The van der Waals surface area contributed by atoms with E-state index >= 15 is 0 Å². The molecule has 4 rings (SSSR count). The van der Waals surface area contributed by atoms with E-state index < -0.39 is 5.82 Å². The van der Waals surface area contributed by atoms with Gasteiger partial charge in [0, 0.05) is 43.6 Å². The Labute approximate surface area is 146 Å². The van der Waals surface area contributed by atoms with Crippen molar-refractivity contribution >= 4 is 16.9 Å². The number of carbonyl (C=O) groups excluding carboxylic acids is 1. The van der Waals surface area contributed by atoms with Crippen molar-refractivity contribution in [1.82, 2.24) is 14.9 Å². The lowest BCUT2D eigenvalue weighted by molar-refractivity contribution is -0.192. The minimum absolute atomic E-state index is 0.0786. The van der Waals surface area contributed by atoms with E-state index in [1.165, 1.54) is 30.9 Å². The number of rotatable bonds is 4. The number of halogens is 1. The van der Waals surface area contributed by atoms with Crippen LogP contribution in [0, 0.1) is 11.2 Å². The lowest BCUT2D eigenvalue weighted by Gasteiger charge is -2.63. The third-order valence-electron chi connectivity index (χ3n) is 5.95. The Hall–Kier alpha value is -2.08. The lowest BCUT2D eigenvalue weighted by atomic mass is 9.50. The first-order chi connectivity index (χ1) is 12.1. The second kappa shape index (κ2) is 6.02. The van der Waals surface area contributed by atoms with Crippen molar-refractivity contribution in [3.05, 3.63) is 35.9 Å². The van der Waals surface area contributed by atoms with E-state index in [9.17, 15) is 9.18 Å². The van der Waals surface area contributed by atoms with Gasteiger partial charge in [-0.15, -0.1) is 0 Å². The quantitative estimate of drug-likeness (QED) is 0.855. The number of hydrogen-bond donors (Lipinski definition) is 0. The molecule has 2 saturated carbocycles. The van der Waals surface area contributed by atoms with Gasteiger partial charge < -0.3 is 9.64 Å². The molecule has 132 valence electrons. The van der Waals surface area contributed by atoms with Crippen LogP contribution in [0.1, 0.15) is 43.0 Å². The van der Waals surface area contributed by atoms with Crippen molar-refractivity contribution in [3.63, 3.8) is 0 Å². The lowest BCUT2D eigenvalue weighted by Crippen LogP contribution is -2.67. The smallest absolute Gasteiger partial charge is 0.256 e. The summed E-state index contributed by atoms with van der Waals surface area (Å²) in [4.78, 5) is 23.2. The molecule has 2 aromatic rings. The summed E-state index contributed by atoms with van der Waals surface area (Å²) in [6.07, 6.45) is 7.45. The van der Waals surface area contributed by atoms with Gasteiger partial charge in [0.2, 0.25) is 0 Å². The molecule has 1 heterocycles. The minimum atomic E-state index is -0.469. The maximum Gasteiger partial charge on any atom is 0.256 e. The first-order valence-electron chi connectivity index (χ1n) is 8.86. The highest BCUT2D eigenvalue weighted by atomic mass is 19.1. The second-order valence-corrected chi connectivity index (χ2v) is 7.08. The van der Waals surface area contributed by atoms with Crippen LogP contribution in [0.3, 0.4) is 0 Å². The third-order valence-corrected chi connectivity index (χ3v) is 5.95. The Balaban J connectivity index is 1.64. The van der Waals surface area contributed by atoms with Gasteiger partial charge in [-0.2, -0.15) is 0 Å². The molecule has 0 bridgehead atoms. The molecule has 0 aliphatic heterocycles. The average molecular weight is 343 g/mol. The summed E-state index contributed by atoms with van der Waals surface area (Å²) in [5.74, 6) is -0.667. The molecule has 6 heteroatoms. The fourth-order valence-corrected chi connectivity index (χ4v) is 4.48. The van der Waals surface area contributed by atoms with Gasteiger partial charge in [0.25, 0.3) is 5.91 Å². The molecule has 2 atom stereocenters. The van der Waals surface area contributed by atoms with Crippen molar-refractivity contribution in [2.24, 2.45) is 5.41 Å². The van der Waals surface area contributed by atoms with E-state index in [2.05, 4.69) is 9.97 Å². The molecule has 0 saturated heterocycles. The molecule has 0 N–H and O–H groups in total. The van der Waals surface area contributed by atoms with Crippen LogP contribution < -0.4 is 0 Å². The molecule has 1 aromatic heterocycles. The molecule has 1 aromatic carbocycles. The number of ether oxygens (including phenoxy) is 1. The van der Waals surface area contributed by atoms with Crippen LogP contribution in [0.15, 0.2) is 24.5 Å². The number of fused-ring (bicyclic) bond motifs is 1. The van der Waals surface area contributed by atoms with E-state index in [0.29, 0.717) is 17.6 Å². The Morgan fingerprint density at radius 3 is 2.80 bits per heavy atom. The average Bonchev–Trinajstić information content (AvgIpc) is 2.54. The van der Waals surface area contributed by atoms with Crippen molar-refractivity contribution < 1.29 is 13.9 Å². The van der Waals surface area contributed by atoms with Gasteiger partial charge >= 0.3 is 0 Å². The van der Waals surface area contributed by atoms with Crippen LogP contribution in [-0.4, -0.2) is 46.6 Å². The summed E-state index contributed by atoms with van der Waals surface area (Å²) in [6.45, 7) is 2.70. The number of nitrogens with zero attached hydrogens (tertiary/aromatic N) is 3. The van der Waals surface area contributed by atoms with Crippen LogP contribution in [0.25, 0.3) is 11.0 Å². The maximum absolute atomic E-state index is 14.0. The molecular formula is C19H22FN3O2. The molecule has 1 amide bonds. The predicted molar refractivity (Wildman–Crippen MR) is 91.7 cm³/mol. The molecule has 0 unspecified atom stereocenters. The predicted octanol–water partition coefficient (Wildman–Crippen LogP) is 3.19. The Bertz CT molecular complexity index is 821. The van der Waals surface area contributed by atoms with Crippen LogP contribution in [0.5, 0.6) is 0 Å². The molecular weight excluding hydrogens is 321 g/mol. The zero-order valence-electron chi connectivity index (χ0n) is 14.5. The van der Waals surface area contributed by atoms with Crippen LogP contribution >= 0.6 is 0 Å². The Morgan fingerprint density at radius 2 is 2.12 bits per heavy atom. The number of carbonyl (C=O) groups is 1. The van der Waals surface area contributed by atoms with E-state index in [-0.39, 0.29) is 29.0 Å². The van der Waals surface area contributed by atoms with Gasteiger partial charge in [0.1, 0.15) is 11.3 Å². The Kier molecular flexibility index (Phi) is 3.95. The molecule has 2 aliphatic carbocycles. The van der Waals surface area contributed by atoms with Gasteiger partial charge in [0.15, 0.2) is 0 Å². The third kappa shape index (κ3) is 2.42. The second-order valence-electron chi connectivity index (χ2n) is 7.08. The zero-order chi connectivity index (χ0) is 17.6. The highest BCUT2D eigenvalue weighted by Crippen LogP contribution is 2.59. The van der Waals surface area contributed by atoms with Crippen LogP contribution in [0.4, 0.5) is 4.39 Å². The van der Waals surface area contributed by atoms with Gasteiger partial charge in [-0.25, -0.2) is 4.39 Å². The zero-order valence-corrected chi connectivity index (χ0v) is 14.5. The largest absolute Gasteiger partial charge is 0.378 e. The topological polar surface area (TPSA) is 55.3 Å². The summed E-state index contributed by atoms with van der Waals surface area (Å²) < 4.78 is 19.8. The first kappa shape index (κ1) is 16.4. The Morgan fingerprint density at radius 1 is 1.36 bits per heavy atom. The number of benzene rings is 1. The molecule has 5 nitrogen and oxygen atoms in total. The van der Waals surface area contributed by atoms with Gasteiger partial charge in [0.05, 0.1) is 17.2 Å². The standard InChI is InChI=1S/C19H22FN3O2/c1-3-25-16-11-15(19(16)5-4-6-19)23(2)18(24)13-9-12(20)10-14-17(13)22-8-7-21-14/h7-10,15-16H,3-6,11H2,1-2H3/t15-,16+/m0/s1. The highest BCUT2D eigenvalue weighted by molar-refractivity contribution is 6.04. The van der Waals surface area contributed by atoms with Crippen molar-refractivity contribution in [1.29, 1.82) is 0 Å². The molecule has 0 radical (unpaired) electrons. The fourth-order valence-electron chi connectivity index (χ4n) is 4.48. The van der Waals surface area contributed by atoms with Crippen molar-refractivity contribution in [2.45, 2.75) is 44.8 Å². The van der Waals surface area contributed by atoms with Crippen molar-refractivity contribution in [3.8, 4) is 0 Å². The summed E-state index contributed by atoms with van der Waals surface area (Å²) >= 11 is 0. The summed E-state index contributed by atoms with van der Waals surface area (Å²) in [5.41, 5.74) is 1.21. The number of amides is 1. The molecule has 2 fully saturated rings. The summed E-state index contributed by atoms with van der Waals surface area (Å²) in [5, 5.41) is 0. The van der Waals surface area contributed by atoms with Gasteiger partial charge in [-0.05, 0) is 32.3 Å². The van der Waals surface area contributed by atoms with Crippen molar-refractivity contribution in [2.75, 3.05) is 13.7 Å². The van der Waals surface area contributed by atoms with E-state index in [0.717, 1.165) is 19.3 Å². The number of aromatic nitrogens is 2. The number of hydrogen-bond acceptors (Lipinski definition) is 4. The fraction of sp³-hybridized carbons (Fsp3) is 0.526. The van der Waals surface area contributed by atoms with Gasteiger partial charge in [-0.3, -0.25) is 14.8 Å². The van der Waals surface area contributed by atoms with E-state index in [1.54, 1.807) is 4.90 Å². The first-order valence-corrected chi connectivity index (χ1v) is 8.86.